The van der Waals surface area contributed by atoms with Crippen LogP contribution in [0.3, 0.4) is 0 Å². The van der Waals surface area contributed by atoms with Crippen molar-refractivity contribution in [1.29, 1.82) is 0 Å². The first-order valence-corrected chi connectivity index (χ1v) is 8.45. The molecule has 0 amide bonds. The van der Waals surface area contributed by atoms with Crippen molar-refractivity contribution >= 4 is 17.1 Å². The van der Waals surface area contributed by atoms with Crippen LogP contribution in [0, 0.1) is 0 Å². The molecule has 1 aliphatic rings. The first-order chi connectivity index (χ1) is 12.2. The minimum Gasteiger partial charge on any atom is -0.343 e. The molecule has 136 valence electrons. The Morgan fingerprint density at radius 1 is 0.808 bits per heavy atom. The van der Waals surface area contributed by atoms with Crippen molar-refractivity contribution < 1.29 is 13.2 Å². The molecule has 0 atom stereocenters. The molecular formula is C21H21F3N2. The number of hydrogen-bond donors (Lipinski definition) is 0. The second kappa shape index (κ2) is 6.63. The Morgan fingerprint density at radius 3 is 1.77 bits per heavy atom. The van der Waals surface area contributed by atoms with Gasteiger partial charge < -0.3 is 4.90 Å². The molecule has 5 heteroatoms. The highest BCUT2D eigenvalue weighted by molar-refractivity contribution is 6.03. The van der Waals surface area contributed by atoms with Crippen LogP contribution in [0.4, 0.5) is 13.2 Å². The van der Waals surface area contributed by atoms with E-state index in [0.717, 1.165) is 11.1 Å². The molecule has 1 heterocycles. The molecule has 0 aromatic heterocycles. The van der Waals surface area contributed by atoms with Crippen LogP contribution in [0.5, 0.6) is 0 Å². The maximum Gasteiger partial charge on any atom is 0.449 e. The van der Waals surface area contributed by atoms with Gasteiger partial charge >= 0.3 is 6.18 Å². The maximum absolute atomic E-state index is 13.7. The number of rotatable bonds is 2. The second-order valence-corrected chi connectivity index (χ2v) is 7.25. The predicted octanol–water partition coefficient (Wildman–Crippen LogP) is 5.63. The van der Waals surface area contributed by atoms with E-state index in [2.05, 4.69) is 4.99 Å². The van der Waals surface area contributed by atoms with Crippen molar-refractivity contribution in [3.63, 3.8) is 0 Å². The number of halogens is 3. The first-order valence-electron chi connectivity index (χ1n) is 8.45. The largest absolute Gasteiger partial charge is 0.449 e. The molecule has 0 N–H and O–H groups in total. The molecule has 2 aromatic carbocycles. The Labute approximate surface area is 151 Å². The first kappa shape index (κ1) is 18.2. The lowest BCUT2D eigenvalue weighted by molar-refractivity contribution is -0.0724. The van der Waals surface area contributed by atoms with Crippen molar-refractivity contribution in [2.24, 2.45) is 4.99 Å². The van der Waals surface area contributed by atoms with Crippen molar-refractivity contribution in [3.8, 4) is 0 Å². The zero-order valence-electron chi connectivity index (χ0n) is 15.0. The predicted molar refractivity (Wildman–Crippen MR) is 99.6 cm³/mol. The third kappa shape index (κ3) is 3.66. The van der Waals surface area contributed by atoms with Crippen LogP contribution in [-0.4, -0.2) is 29.0 Å². The summed E-state index contributed by atoms with van der Waals surface area (Å²) < 4.78 is 41.2. The monoisotopic (exact) mass is 358 g/mol. The molecule has 0 fully saturated rings. The van der Waals surface area contributed by atoms with Crippen LogP contribution in [0.1, 0.15) is 31.9 Å². The van der Waals surface area contributed by atoms with Crippen molar-refractivity contribution in [3.05, 3.63) is 71.8 Å². The zero-order chi connectivity index (χ0) is 18.9. The van der Waals surface area contributed by atoms with Gasteiger partial charge in [0.2, 0.25) is 5.84 Å². The van der Waals surface area contributed by atoms with Gasteiger partial charge in [-0.3, -0.25) is 0 Å². The van der Waals surface area contributed by atoms with E-state index in [1.807, 2.05) is 48.5 Å². The lowest BCUT2D eigenvalue weighted by Crippen LogP contribution is -2.53. The topological polar surface area (TPSA) is 15.6 Å². The van der Waals surface area contributed by atoms with E-state index < -0.39 is 17.6 Å². The Bertz CT molecular complexity index is 829. The molecule has 2 aromatic rings. The molecule has 0 aliphatic carbocycles. The van der Waals surface area contributed by atoms with Gasteiger partial charge in [0.05, 0.1) is 5.70 Å². The van der Waals surface area contributed by atoms with E-state index in [1.165, 1.54) is 4.90 Å². The fraction of sp³-hybridized carbons (Fsp3) is 0.286. The standard InChI is InChI=1S/C21H21F3N2/c1-20(2,3)26-14-17(15-10-6-4-7-11-15)18(16-12-8-5-9-13-16)25-19(26)21(22,23)24/h4-13H,14H2,1-3H3. The number of amidine groups is 1. The molecule has 0 unspecified atom stereocenters. The summed E-state index contributed by atoms with van der Waals surface area (Å²) in [6, 6.07) is 18.5. The molecule has 0 saturated heterocycles. The van der Waals surface area contributed by atoms with E-state index in [0.29, 0.717) is 11.3 Å². The van der Waals surface area contributed by atoms with Gasteiger partial charge in [-0.2, -0.15) is 13.2 Å². The van der Waals surface area contributed by atoms with Gasteiger partial charge in [-0.1, -0.05) is 60.7 Å². The van der Waals surface area contributed by atoms with E-state index in [9.17, 15) is 13.2 Å². The van der Waals surface area contributed by atoms with Crippen molar-refractivity contribution in [2.75, 3.05) is 6.54 Å². The van der Waals surface area contributed by atoms with E-state index >= 15 is 0 Å². The van der Waals surface area contributed by atoms with Gasteiger partial charge in [-0.25, -0.2) is 4.99 Å². The van der Waals surface area contributed by atoms with Gasteiger partial charge in [0.25, 0.3) is 0 Å². The highest BCUT2D eigenvalue weighted by atomic mass is 19.4. The number of benzene rings is 2. The van der Waals surface area contributed by atoms with Crippen LogP contribution in [0.2, 0.25) is 0 Å². The summed E-state index contributed by atoms with van der Waals surface area (Å²) in [7, 11) is 0. The van der Waals surface area contributed by atoms with Crippen LogP contribution in [0.25, 0.3) is 11.3 Å². The van der Waals surface area contributed by atoms with Crippen LogP contribution < -0.4 is 0 Å². The molecular weight excluding hydrogens is 337 g/mol. The van der Waals surface area contributed by atoms with Gasteiger partial charge in [-0.05, 0) is 26.3 Å². The quantitative estimate of drug-likeness (QED) is 0.679. The minimum absolute atomic E-state index is 0.149. The molecule has 2 nitrogen and oxygen atoms in total. The summed E-state index contributed by atoms with van der Waals surface area (Å²) in [6.45, 7) is 5.45. The normalized spacial score (nSPS) is 15.9. The average molecular weight is 358 g/mol. The molecule has 0 radical (unpaired) electrons. The average Bonchev–Trinajstić information content (AvgIpc) is 2.60. The molecule has 0 spiro atoms. The fourth-order valence-corrected chi connectivity index (χ4v) is 3.02. The summed E-state index contributed by atoms with van der Waals surface area (Å²) in [5, 5.41) is 0. The molecule has 0 bridgehead atoms. The van der Waals surface area contributed by atoms with Crippen molar-refractivity contribution in [1.82, 2.24) is 4.90 Å². The highest BCUT2D eigenvalue weighted by Crippen LogP contribution is 2.38. The Balaban J connectivity index is 2.26. The van der Waals surface area contributed by atoms with E-state index in [-0.39, 0.29) is 6.54 Å². The number of hydrogen-bond acceptors (Lipinski definition) is 2. The van der Waals surface area contributed by atoms with Crippen molar-refractivity contribution in [2.45, 2.75) is 32.5 Å². The Kier molecular flexibility index (Phi) is 4.65. The number of nitrogens with zero attached hydrogens (tertiary/aromatic N) is 2. The van der Waals surface area contributed by atoms with E-state index in [1.54, 1.807) is 32.9 Å². The zero-order valence-corrected chi connectivity index (χ0v) is 15.0. The molecule has 1 aliphatic heterocycles. The van der Waals surface area contributed by atoms with Gasteiger partial charge in [0, 0.05) is 23.2 Å². The Hall–Kier alpha value is -2.56. The van der Waals surface area contributed by atoms with Gasteiger partial charge in [-0.15, -0.1) is 0 Å². The molecule has 0 saturated carbocycles. The summed E-state index contributed by atoms with van der Waals surface area (Å²) in [5.41, 5.74) is 2.02. The Morgan fingerprint density at radius 2 is 1.31 bits per heavy atom. The maximum atomic E-state index is 13.7. The third-order valence-corrected chi connectivity index (χ3v) is 4.31. The summed E-state index contributed by atoms with van der Waals surface area (Å²) >= 11 is 0. The third-order valence-electron chi connectivity index (χ3n) is 4.31. The second-order valence-electron chi connectivity index (χ2n) is 7.25. The highest BCUT2D eigenvalue weighted by Gasteiger charge is 2.45. The van der Waals surface area contributed by atoms with E-state index in [4.69, 9.17) is 0 Å². The molecule has 26 heavy (non-hydrogen) atoms. The minimum atomic E-state index is -4.52. The number of alkyl halides is 3. The summed E-state index contributed by atoms with van der Waals surface area (Å²) in [6.07, 6.45) is -4.52. The molecule has 3 rings (SSSR count). The lowest BCUT2D eigenvalue weighted by Gasteiger charge is -2.42. The SMILES string of the molecule is CC(C)(C)N1CC(c2ccccc2)=C(c2ccccc2)N=C1C(F)(F)F. The summed E-state index contributed by atoms with van der Waals surface area (Å²) in [4.78, 5) is 5.46. The lowest BCUT2D eigenvalue weighted by atomic mass is 9.94. The van der Waals surface area contributed by atoms with Crippen LogP contribution in [-0.2, 0) is 0 Å². The van der Waals surface area contributed by atoms with Gasteiger partial charge in [0.1, 0.15) is 0 Å². The number of aliphatic imine (C=N–C) groups is 1. The van der Waals surface area contributed by atoms with Crippen LogP contribution in [0.15, 0.2) is 65.7 Å². The summed E-state index contributed by atoms with van der Waals surface area (Å²) in [5.74, 6) is -0.844. The smallest absolute Gasteiger partial charge is 0.343 e. The van der Waals surface area contributed by atoms with Gasteiger partial charge in [0.15, 0.2) is 0 Å². The fourth-order valence-electron chi connectivity index (χ4n) is 3.02. The van der Waals surface area contributed by atoms with Crippen LogP contribution >= 0.6 is 0 Å².